The Balaban J connectivity index is 2.26. The fourth-order valence-corrected chi connectivity index (χ4v) is 2.21. The summed E-state index contributed by atoms with van der Waals surface area (Å²) in [4.78, 5) is 18.8. The highest BCUT2D eigenvalue weighted by Gasteiger charge is 2.09. The van der Waals surface area contributed by atoms with Gasteiger partial charge in [-0.25, -0.2) is 9.67 Å². The molecule has 0 aliphatic rings. The minimum atomic E-state index is -0.154. The number of nitrogens with zero attached hydrogens (tertiary/aromatic N) is 3. The molecule has 0 bridgehead atoms. The summed E-state index contributed by atoms with van der Waals surface area (Å²) in [6.45, 7) is 5.82. The number of aromatic nitrogens is 4. The first-order chi connectivity index (χ1) is 9.04. The van der Waals surface area contributed by atoms with Crippen LogP contribution in [0.5, 0.6) is 0 Å². The van der Waals surface area contributed by atoms with Crippen LogP contribution in [0.25, 0.3) is 16.7 Å². The molecule has 5 nitrogen and oxygen atoms in total. The first kappa shape index (κ1) is 11.6. The van der Waals surface area contributed by atoms with Crippen molar-refractivity contribution in [3.8, 4) is 5.69 Å². The van der Waals surface area contributed by atoms with Crippen molar-refractivity contribution in [3.05, 3.63) is 51.7 Å². The summed E-state index contributed by atoms with van der Waals surface area (Å²) < 4.78 is 1.71. The standard InChI is InChI=1S/C14H14N4O/c1-8-4-5-12(9(2)6-8)18-7-11-13(17-18)15-10(3)16-14(11)19/h4-7H,1-3H3,(H,15,16,17,19). The molecule has 5 heteroatoms. The molecule has 1 aromatic carbocycles. The third-order valence-electron chi connectivity index (χ3n) is 3.11. The Morgan fingerprint density at radius 3 is 2.74 bits per heavy atom. The lowest BCUT2D eigenvalue weighted by Crippen LogP contribution is -2.08. The zero-order valence-corrected chi connectivity index (χ0v) is 11.1. The van der Waals surface area contributed by atoms with Crippen LogP contribution in [0.4, 0.5) is 0 Å². The van der Waals surface area contributed by atoms with Crippen molar-refractivity contribution in [2.24, 2.45) is 0 Å². The van der Waals surface area contributed by atoms with Gasteiger partial charge in [-0.2, -0.15) is 0 Å². The van der Waals surface area contributed by atoms with Gasteiger partial charge >= 0.3 is 0 Å². The monoisotopic (exact) mass is 254 g/mol. The lowest BCUT2D eigenvalue weighted by Gasteiger charge is -2.05. The number of rotatable bonds is 1. The van der Waals surface area contributed by atoms with E-state index >= 15 is 0 Å². The van der Waals surface area contributed by atoms with E-state index in [0.29, 0.717) is 16.9 Å². The van der Waals surface area contributed by atoms with Gasteiger partial charge < -0.3 is 4.98 Å². The second kappa shape index (κ2) is 4.05. The average molecular weight is 254 g/mol. The smallest absolute Gasteiger partial charge is 0.262 e. The summed E-state index contributed by atoms with van der Waals surface area (Å²) in [5.41, 5.74) is 3.59. The van der Waals surface area contributed by atoms with Crippen LogP contribution in [-0.2, 0) is 0 Å². The number of nitrogens with one attached hydrogen (secondary N) is 1. The summed E-state index contributed by atoms with van der Waals surface area (Å²) in [6, 6.07) is 6.11. The molecule has 3 rings (SSSR count). The first-order valence-electron chi connectivity index (χ1n) is 6.08. The Kier molecular flexibility index (Phi) is 2.48. The normalized spacial score (nSPS) is 11.1. The van der Waals surface area contributed by atoms with Crippen LogP contribution in [0.15, 0.2) is 29.2 Å². The molecular weight excluding hydrogens is 240 g/mol. The number of aromatic amines is 1. The van der Waals surface area contributed by atoms with Gasteiger partial charge in [0.05, 0.1) is 5.69 Å². The van der Waals surface area contributed by atoms with Crippen molar-refractivity contribution < 1.29 is 0 Å². The zero-order valence-electron chi connectivity index (χ0n) is 11.1. The van der Waals surface area contributed by atoms with Crippen LogP contribution in [0, 0.1) is 20.8 Å². The highest BCUT2D eigenvalue weighted by Crippen LogP contribution is 2.16. The van der Waals surface area contributed by atoms with E-state index < -0.39 is 0 Å². The van der Waals surface area contributed by atoms with Gasteiger partial charge in [-0.05, 0) is 32.4 Å². The van der Waals surface area contributed by atoms with Crippen molar-refractivity contribution in [2.75, 3.05) is 0 Å². The molecule has 0 saturated heterocycles. The summed E-state index contributed by atoms with van der Waals surface area (Å²) >= 11 is 0. The number of hydrogen-bond acceptors (Lipinski definition) is 3. The van der Waals surface area contributed by atoms with Crippen molar-refractivity contribution >= 4 is 11.0 Å². The van der Waals surface area contributed by atoms with Crippen molar-refractivity contribution in [2.45, 2.75) is 20.8 Å². The number of H-pyrrole nitrogens is 1. The second-order valence-electron chi connectivity index (χ2n) is 4.75. The molecular formula is C14H14N4O. The molecule has 0 amide bonds. The minimum Gasteiger partial charge on any atom is -0.310 e. The average Bonchev–Trinajstić information content (AvgIpc) is 2.72. The summed E-state index contributed by atoms with van der Waals surface area (Å²) in [6.07, 6.45) is 1.72. The van der Waals surface area contributed by atoms with E-state index in [1.807, 2.05) is 26.0 Å². The van der Waals surface area contributed by atoms with E-state index in [2.05, 4.69) is 21.1 Å². The highest BCUT2D eigenvalue weighted by atomic mass is 16.1. The van der Waals surface area contributed by atoms with Crippen LogP contribution >= 0.6 is 0 Å². The summed E-state index contributed by atoms with van der Waals surface area (Å²) in [5.74, 6) is 0.573. The second-order valence-corrected chi connectivity index (χ2v) is 4.75. The molecule has 96 valence electrons. The van der Waals surface area contributed by atoms with Gasteiger partial charge in [-0.1, -0.05) is 17.7 Å². The quantitative estimate of drug-likeness (QED) is 0.722. The largest absolute Gasteiger partial charge is 0.310 e. The van der Waals surface area contributed by atoms with E-state index in [1.165, 1.54) is 5.56 Å². The van der Waals surface area contributed by atoms with Crippen LogP contribution in [0.2, 0.25) is 0 Å². The van der Waals surface area contributed by atoms with Gasteiger partial charge in [-0.3, -0.25) is 4.79 Å². The van der Waals surface area contributed by atoms with E-state index in [-0.39, 0.29) is 5.56 Å². The number of benzene rings is 1. The van der Waals surface area contributed by atoms with E-state index in [1.54, 1.807) is 17.8 Å². The molecule has 19 heavy (non-hydrogen) atoms. The third kappa shape index (κ3) is 1.93. The Morgan fingerprint density at radius 2 is 2.00 bits per heavy atom. The Bertz CT molecular complexity index is 829. The van der Waals surface area contributed by atoms with Crippen molar-refractivity contribution in [1.29, 1.82) is 0 Å². The molecule has 0 saturated carbocycles. The molecule has 0 radical (unpaired) electrons. The molecule has 0 spiro atoms. The molecule has 0 aliphatic carbocycles. The minimum absolute atomic E-state index is 0.154. The van der Waals surface area contributed by atoms with E-state index in [0.717, 1.165) is 11.3 Å². The Morgan fingerprint density at radius 1 is 1.21 bits per heavy atom. The SMILES string of the molecule is Cc1ccc(-n2cc3c(=O)[nH]c(C)nc3n2)c(C)c1. The van der Waals surface area contributed by atoms with Crippen LogP contribution in [0.3, 0.4) is 0 Å². The maximum absolute atomic E-state index is 11.8. The van der Waals surface area contributed by atoms with Gasteiger partial charge in [0.1, 0.15) is 11.2 Å². The fraction of sp³-hybridized carbons (Fsp3) is 0.214. The lowest BCUT2D eigenvalue weighted by molar-refractivity contribution is 0.878. The first-order valence-corrected chi connectivity index (χ1v) is 6.08. The van der Waals surface area contributed by atoms with E-state index in [9.17, 15) is 4.79 Å². The Labute approximate surface area is 109 Å². The summed E-state index contributed by atoms with van der Waals surface area (Å²) in [7, 11) is 0. The van der Waals surface area contributed by atoms with Crippen LogP contribution in [0.1, 0.15) is 17.0 Å². The third-order valence-corrected chi connectivity index (χ3v) is 3.11. The maximum Gasteiger partial charge on any atom is 0.262 e. The highest BCUT2D eigenvalue weighted by molar-refractivity contribution is 5.73. The van der Waals surface area contributed by atoms with Gasteiger partial charge in [0.15, 0.2) is 5.65 Å². The van der Waals surface area contributed by atoms with E-state index in [4.69, 9.17) is 0 Å². The summed E-state index contributed by atoms with van der Waals surface area (Å²) in [5, 5.41) is 4.89. The molecule has 3 aromatic rings. The molecule has 0 aliphatic heterocycles. The topological polar surface area (TPSA) is 63.6 Å². The molecule has 2 aromatic heterocycles. The number of hydrogen-bond donors (Lipinski definition) is 1. The molecule has 0 fully saturated rings. The van der Waals surface area contributed by atoms with Gasteiger partial charge in [0.25, 0.3) is 5.56 Å². The van der Waals surface area contributed by atoms with Gasteiger partial charge in [-0.15, -0.1) is 5.10 Å². The predicted octanol–water partition coefficient (Wildman–Crippen LogP) is 2.03. The molecule has 0 unspecified atom stereocenters. The predicted molar refractivity (Wildman–Crippen MR) is 73.7 cm³/mol. The number of aryl methyl sites for hydroxylation is 3. The van der Waals surface area contributed by atoms with Gasteiger partial charge in [0, 0.05) is 6.20 Å². The van der Waals surface area contributed by atoms with Crippen molar-refractivity contribution in [1.82, 2.24) is 19.7 Å². The molecule has 1 N–H and O–H groups in total. The maximum atomic E-state index is 11.8. The Hall–Kier alpha value is -2.43. The van der Waals surface area contributed by atoms with Crippen LogP contribution in [-0.4, -0.2) is 19.7 Å². The van der Waals surface area contributed by atoms with Crippen LogP contribution < -0.4 is 5.56 Å². The lowest BCUT2D eigenvalue weighted by atomic mass is 10.1. The zero-order chi connectivity index (χ0) is 13.6. The number of fused-ring (bicyclic) bond motifs is 1. The fourth-order valence-electron chi connectivity index (χ4n) is 2.21. The molecule has 0 atom stereocenters. The van der Waals surface area contributed by atoms with Crippen molar-refractivity contribution in [3.63, 3.8) is 0 Å². The van der Waals surface area contributed by atoms with Gasteiger partial charge in [0.2, 0.25) is 0 Å². The molecule has 2 heterocycles.